The van der Waals surface area contributed by atoms with Gasteiger partial charge >= 0.3 is 0 Å². The minimum atomic E-state index is -0.330. The highest BCUT2D eigenvalue weighted by Crippen LogP contribution is 2.08. The van der Waals surface area contributed by atoms with Gasteiger partial charge in [-0.1, -0.05) is 116 Å². The van der Waals surface area contributed by atoms with E-state index in [1.807, 2.05) is 27.7 Å². The molecular weight excluding hydrogens is 442 g/mol. The lowest BCUT2D eigenvalue weighted by Crippen LogP contribution is -2.40. The summed E-state index contributed by atoms with van der Waals surface area (Å²) in [5.74, 6) is 0.443. The number of amides is 1. The van der Waals surface area contributed by atoms with Crippen LogP contribution >= 0.6 is 0 Å². The van der Waals surface area contributed by atoms with Gasteiger partial charge < -0.3 is 5.32 Å². The summed E-state index contributed by atoms with van der Waals surface area (Å²) < 4.78 is 0. The summed E-state index contributed by atoms with van der Waals surface area (Å²) in [5, 5.41) is 2.89. The van der Waals surface area contributed by atoms with E-state index in [4.69, 9.17) is 0 Å². The Morgan fingerprint density at radius 3 is 1.53 bits per heavy atom. The lowest BCUT2D eigenvalue weighted by atomic mass is 10.0. The van der Waals surface area contributed by atoms with Crippen molar-refractivity contribution in [3.8, 4) is 0 Å². The maximum absolute atomic E-state index is 12.0. The topological polar surface area (TPSA) is 46.2 Å². The van der Waals surface area contributed by atoms with Crippen molar-refractivity contribution < 1.29 is 9.59 Å². The van der Waals surface area contributed by atoms with Crippen LogP contribution in [-0.2, 0) is 9.59 Å². The molecule has 0 aromatic carbocycles. The first-order chi connectivity index (χ1) is 17.5. The SMILES string of the molecule is CC.CC.CC/C=C\C/C=C\C/C=C\C/C=C\C/C=C\CCCCCC(=O)NC(CC(C)C)C(C)=O. The Balaban J connectivity index is -0.00000258. The van der Waals surface area contributed by atoms with E-state index >= 15 is 0 Å². The summed E-state index contributed by atoms with van der Waals surface area (Å²) in [4.78, 5) is 23.7. The van der Waals surface area contributed by atoms with Crippen molar-refractivity contribution in [1.29, 1.82) is 0 Å². The number of carbonyl (C=O) groups is 2. The summed E-state index contributed by atoms with van der Waals surface area (Å²) in [7, 11) is 0. The molecule has 208 valence electrons. The number of hydrogen-bond donors (Lipinski definition) is 1. The molecule has 0 bridgehead atoms. The second-order valence-electron chi connectivity index (χ2n) is 8.67. The zero-order valence-electron chi connectivity index (χ0n) is 25.0. The fourth-order valence-electron chi connectivity index (χ4n) is 3.16. The molecule has 0 heterocycles. The van der Waals surface area contributed by atoms with Gasteiger partial charge in [-0.25, -0.2) is 0 Å². The number of ketones is 1. The number of carbonyl (C=O) groups excluding carboxylic acids is 2. The Labute approximate surface area is 225 Å². The first-order valence-electron chi connectivity index (χ1n) is 14.5. The largest absolute Gasteiger partial charge is 0.346 e. The number of Topliss-reactive ketones (excluding diaryl/α,β-unsaturated/α-hetero) is 1. The van der Waals surface area contributed by atoms with Gasteiger partial charge in [0.25, 0.3) is 0 Å². The molecule has 0 saturated heterocycles. The zero-order valence-corrected chi connectivity index (χ0v) is 25.0. The molecule has 1 amide bonds. The lowest BCUT2D eigenvalue weighted by Gasteiger charge is -2.17. The Bertz CT molecular complexity index is 624. The van der Waals surface area contributed by atoms with E-state index in [0.29, 0.717) is 18.8 Å². The molecule has 36 heavy (non-hydrogen) atoms. The number of rotatable bonds is 19. The Kier molecular flexibility index (Phi) is 35.0. The molecule has 0 aliphatic carbocycles. The maximum Gasteiger partial charge on any atom is 0.220 e. The van der Waals surface area contributed by atoms with Crippen LogP contribution in [0.3, 0.4) is 0 Å². The number of unbranched alkanes of at least 4 members (excludes halogenated alkanes) is 3. The van der Waals surface area contributed by atoms with Crippen molar-refractivity contribution in [3.05, 3.63) is 60.8 Å². The Morgan fingerprint density at radius 2 is 1.11 bits per heavy atom. The van der Waals surface area contributed by atoms with Gasteiger partial charge in [0.2, 0.25) is 5.91 Å². The van der Waals surface area contributed by atoms with Gasteiger partial charge in [-0.05, 0) is 70.6 Å². The minimum absolute atomic E-state index is 0.000675. The monoisotopic (exact) mass is 501 g/mol. The van der Waals surface area contributed by atoms with Gasteiger partial charge in [-0.15, -0.1) is 0 Å². The van der Waals surface area contributed by atoms with Crippen LogP contribution in [0.4, 0.5) is 0 Å². The normalized spacial score (nSPS) is 12.4. The molecule has 1 unspecified atom stereocenters. The molecule has 1 N–H and O–H groups in total. The molecule has 0 radical (unpaired) electrons. The summed E-state index contributed by atoms with van der Waals surface area (Å²) in [5.41, 5.74) is 0. The second-order valence-corrected chi connectivity index (χ2v) is 8.67. The molecule has 0 rings (SSSR count). The lowest BCUT2D eigenvalue weighted by molar-refractivity contribution is -0.127. The third-order valence-corrected chi connectivity index (χ3v) is 4.97. The smallest absolute Gasteiger partial charge is 0.220 e. The third-order valence-electron chi connectivity index (χ3n) is 4.97. The molecule has 0 saturated carbocycles. The fraction of sp³-hybridized carbons (Fsp3) is 0.636. The molecule has 0 fully saturated rings. The van der Waals surface area contributed by atoms with Crippen LogP contribution in [0.25, 0.3) is 0 Å². The van der Waals surface area contributed by atoms with Crippen LogP contribution < -0.4 is 5.32 Å². The quantitative estimate of drug-likeness (QED) is 0.141. The van der Waals surface area contributed by atoms with Crippen LogP contribution in [0, 0.1) is 5.92 Å². The molecule has 0 aliphatic rings. The van der Waals surface area contributed by atoms with E-state index in [9.17, 15) is 9.59 Å². The highest BCUT2D eigenvalue weighted by Gasteiger charge is 2.17. The average molecular weight is 502 g/mol. The summed E-state index contributed by atoms with van der Waals surface area (Å²) in [6.45, 7) is 15.8. The Morgan fingerprint density at radius 1 is 0.667 bits per heavy atom. The molecule has 0 aromatic heterocycles. The first-order valence-corrected chi connectivity index (χ1v) is 14.5. The van der Waals surface area contributed by atoms with Crippen LogP contribution in [-0.4, -0.2) is 17.7 Å². The van der Waals surface area contributed by atoms with E-state index in [1.165, 1.54) is 0 Å². The van der Waals surface area contributed by atoms with Crippen molar-refractivity contribution in [2.45, 2.75) is 132 Å². The van der Waals surface area contributed by atoms with Crippen molar-refractivity contribution in [2.75, 3.05) is 0 Å². The van der Waals surface area contributed by atoms with E-state index in [1.54, 1.807) is 6.92 Å². The van der Waals surface area contributed by atoms with E-state index < -0.39 is 0 Å². The van der Waals surface area contributed by atoms with Gasteiger partial charge in [0.15, 0.2) is 5.78 Å². The average Bonchev–Trinajstić information content (AvgIpc) is 2.87. The van der Waals surface area contributed by atoms with Gasteiger partial charge in [0.1, 0.15) is 0 Å². The maximum atomic E-state index is 12.0. The predicted molar refractivity (Wildman–Crippen MR) is 162 cm³/mol. The van der Waals surface area contributed by atoms with Crippen molar-refractivity contribution in [3.63, 3.8) is 0 Å². The Hall–Kier alpha value is -2.16. The summed E-state index contributed by atoms with van der Waals surface area (Å²) in [6.07, 6.45) is 32.5. The van der Waals surface area contributed by atoms with E-state index in [-0.39, 0.29) is 17.7 Å². The second kappa shape index (κ2) is 32.8. The van der Waals surface area contributed by atoms with Crippen LogP contribution in [0.15, 0.2) is 60.8 Å². The minimum Gasteiger partial charge on any atom is -0.346 e. The molecule has 1 atom stereocenters. The third kappa shape index (κ3) is 31.8. The molecule has 3 heteroatoms. The number of allylic oxidation sites excluding steroid dienone is 10. The summed E-state index contributed by atoms with van der Waals surface area (Å²) in [6, 6.07) is -0.330. The van der Waals surface area contributed by atoms with Crippen molar-refractivity contribution in [2.24, 2.45) is 5.92 Å². The molecule has 0 aliphatic heterocycles. The van der Waals surface area contributed by atoms with Gasteiger partial charge in [0.05, 0.1) is 6.04 Å². The molecule has 0 spiro atoms. The van der Waals surface area contributed by atoms with Crippen LogP contribution in [0.5, 0.6) is 0 Å². The van der Waals surface area contributed by atoms with E-state index in [0.717, 1.165) is 57.8 Å². The van der Waals surface area contributed by atoms with E-state index in [2.05, 4.69) is 86.8 Å². The standard InChI is InChI=1S/C29H47NO2.2C2H6/c1-5-6-7-8-9-10-11-12-13-14-15-16-17-18-19-20-21-22-23-24-29(32)30-28(27(4)31)25-26(2)3;2*1-2/h6-7,9-10,12-13,15-16,18-19,26,28H,5,8,11,14,17,20-25H2,1-4H3,(H,30,32);2*1-2H3/b7-6-,10-9-,13-12-,16-15-,19-18-;;. The van der Waals surface area contributed by atoms with Crippen molar-refractivity contribution >= 4 is 11.7 Å². The first kappa shape index (κ1) is 38.4. The number of nitrogens with one attached hydrogen (secondary N) is 1. The van der Waals surface area contributed by atoms with Gasteiger partial charge in [-0.3, -0.25) is 9.59 Å². The van der Waals surface area contributed by atoms with Crippen molar-refractivity contribution in [1.82, 2.24) is 5.32 Å². The van der Waals surface area contributed by atoms with Gasteiger partial charge in [0, 0.05) is 6.42 Å². The zero-order chi connectivity index (χ0) is 27.9. The molecular formula is C33H59NO2. The van der Waals surface area contributed by atoms with Crippen LogP contribution in [0.2, 0.25) is 0 Å². The fourth-order valence-corrected chi connectivity index (χ4v) is 3.16. The number of hydrogen-bond acceptors (Lipinski definition) is 2. The summed E-state index contributed by atoms with van der Waals surface area (Å²) >= 11 is 0. The van der Waals surface area contributed by atoms with Crippen LogP contribution in [0.1, 0.15) is 126 Å². The highest BCUT2D eigenvalue weighted by molar-refractivity contribution is 5.87. The van der Waals surface area contributed by atoms with Gasteiger partial charge in [-0.2, -0.15) is 0 Å². The highest BCUT2D eigenvalue weighted by atomic mass is 16.2. The molecule has 3 nitrogen and oxygen atoms in total. The predicted octanol–water partition coefficient (Wildman–Crippen LogP) is 9.86. The molecule has 0 aromatic rings.